The maximum absolute atomic E-state index is 13.5. The molecule has 3 aromatic carbocycles. The second kappa shape index (κ2) is 9.79. The molecule has 1 aromatic heterocycles. The van der Waals surface area contributed by atoms with Crippen molar-refractivity contribution >= 4 is 15.7 Å². The number of hydrogen-bond acceptors (Lipinski definition) is 7. The van der Waals surface area contributed by atoms with Crippen LogP contribution >= 0.6 is 0 Å². The summed E-state index contributed by atoms with van der Waals surface area (Å²) in [4.78, 5) is 4.47. The van der Waals surface area contributed by atoms with Crippen molar-refractivity contribution < 1.29 is 22.3 Å². The zero-order valence-electron chi connectivity index (χ0n) is 18.3. The van der Waals surface area contributed by atoms with Crippen LogP contribution in [0.5, 0.6) is 11.5 Å². The van der Waals surface area contributed by atoms with Crippen molar-refractivity contribution in [3.8, 4) is 23.0 Å². The summed E-state index contributed by atoms with van der Waals surface area (Å²) in [6.07, 6.45) is 0. The Hall–Kier alpha value is -3.78. The summed E-state index contributed by atoms with van der Waals surface area (Å²) in [5.41, 5.74) is 1.61. The summed E-state index contributed by atoms with van der Waals surface area (Å²) in [7, 11) is -2.38. The Balaban J connectivity index is 1.72. The molecule has 0 saturated heterocycles. The molecular weight excluding hydrogens is 440 g/mol. The number of ether oxygens (including phenoxy) is 2. The van der Waals surface area contributed by atoms with Gasteiger partial charge in [-0.25, -0.2) is 8.42 Å². The highest BCUT2D eigenvalue weighted by Crippen LogP contribution is 2.33. The standard InChI is InChI=1S/C25H24N2O5S/c1-3-31-21-13-15-22(16-14-21)33(28,29)25-24(26-17-18-7-5-4-6-8-18)32-23(27-25)19-9-11-20(30-2)12-10-19/h4-16,26H,3,17H2,1-2H3. The van der Waals surface area contributed by atoms with E-state index in [-0.39, 0.29) is 21.7 Å². The lowest BCUT2D eigenvalue weighted by molar-refractivity contribution is 0.340. The molecule has 170 valence electrons. The first kappa shape index (κ1) is 22.4. The van der Waals surface area contributed by atoms with E-state index in [1.54, 1.807) is 43.5 Å². The number of nitrogens with one attached hydrogen (secondary N) is 1. The second-order valence-corrected chi connectivity index (χ2v) is 8.99. The molecule has 4 aromatic rings. The van der Waals surface area contributed by atoms with Crippen LogP contribution in [0.3, 0.4) is 0 Å². The molecule has 0 saturated carbocycles. The van der Waals surface area contributed by atoms with Gasteiger partial charge in [0.25, 0.3) is 0 Å². The van der Waals surface area contributed by atoms with Gasteiger partial charge >= 0.3 is 0 Å². The maximum atomic E-state index is 13.5. The number of oxazole rings is 1. The number of nitrogens with zero attached hydrogens (tertiary/aromatic N) is 1. The maximum Gasteiger partial charge on any atom is 0.234 e. The fourth-order valence-corrected chi connectivity index (χ4v) is 4.51. The summed E-state index contributed by atoms with van der Waals surface area (Å²) in [6.45, 7) is 2.74. The van der Waals surface area contributed by atoms with E-state index in [2.05, 4.69) is 10.3 Å². The molecule has 0 aliphatic rings. The van der Waals surface area contributed by atoms with E-state index in [9.17, 15) is 8.42 Å². The van der Waals surface area contributed by atoms with Crippen LogP contribution in [0.2, 0.25) is 0 Å². The molecule has 0 unspecified atom stereocenters. The highest BCUT2D eigenvalue weighted by molar-refractivity contribution is 7.91. The number of aromatic nitrogens is 1. The highest BCUT2D eigenvalue weighted by Gasteiger charge is 2.28. The number of sulfone groups is 1. The van der Waals surface area contributed by atoms with Crippen molar-refractivity contribution in [2.45, 2.75) is 23.4 Å². The summed E-state index contributed by atoms with van der Waals surface area (Å²) < 4.78 is 43.4. The third-order valence-electron chi connectivity index (χ3n) is 4.93. The molecule has 7 nitrogen and oxygen atoms in total. The van der Waals surface area contributed by atoms with Gasteiger partial charge in [0.15, 0.2) is 0 Å². The van der Waals surface area contributed by atoms with E-state index < -0.39 is 9.84 Å². The van der Waals surface area contributed by atoms with Crippen molar-refractivity contribution in [3.05, 3.63) is 84.4 Å². The Kier molecular flexibility index (Phi) is 6.65. The largest absolute Gasteiger partial charge is 0.497 e. The minimum atomic E-state index is -3.95. The third kappa shape index (κ3) is 5.01. The lowest BCUT2D eigenvalue weighted by Crippen LogP contribution is -2.07. The van der Waals surface area contributed by atoms with E-state index in [0.717, 1.165) is 5.56 Å². The van der Waals surface area contributed by atoms with E-state index >= 15 is 0 Å². The summed E-state index contributed by atoms with van der Waals surface area (Å²) in [6, 6.07) is 22.9. The zero-order valence-corrected chi connectivity index (χ0v) is 19.1. The topological polar surface area (TPSA) is 90.7 Å². The molecule has 1 N–H and O–H groups in total. The molecule has 1 heterocycles. The van der Waals surface area contributed by atoms with Gasteiger partial charge < -0.3 is 19.2 Å². The monoisotopic (exact) mass is 464 g/mol. The Bertz CT molecular complexity index is 1300. The van der Waals surface area contributed by atoms with Crippen LogP contribution in [0.25, 0.3) is 11.5 Å². The van der Waals surface area contributed by atoms with Gasteiger partial charge in [0, 0.05) is 12.1 Å². The Labute approximate surface area is 192 Å². The van der Waals surface area contributed by atoms with Crippen LogP contribution in [0.1, 0.15) is 12.5 Å². The van der Waals surface area contributed by atoms with Crippen LogP contribution in [-0.2, 0) is 16.4 Å². The van der Waals surface area contributed by atoms with Crippen molar-refractivity contribution in [3.63, 3.8) is 0 Å². The normalized spacial score (nSPS) is 11.2. The number of hydrogen-bond donors (Lipinski definition) is 1. The second-order valence-electron chi connectivity index (χ2n) is 7.13. The van der Waals surface area contributed by atoms with Crippen LogP contribution in [-0.4, -0.2) is 27.1 Å². The first-order valence-corrected chi connectivity index (χ1v) is 11.9. The van der Waals surface area contributed by atoms with Crippen LogP contribution in [0, 0.1) is 0 Å². The van der Waals surface area contributed by atoms with Gasteiger partial charge in [0.05, 0.1) is 18.6 Å². The van der Waals surface area contributed by atoms with Gasteiger partial charge in [-0.15, -0.1) is 0 Å². The predicted octanol–water partition coefficient (Wildman–Crippen LogP) is 5.19. The molecule has 8 heteroatoms. The molecule has 0 fully saturated rings. The van der Waals surface area contributed by atoms with Gasteiger partial charge in [0.2, 0.25) is 26.6 Å². The molecule has 0 aliphatic heterocycles. The van der Waals surface area contributed by atoms with Gasteiger partial charge in [0.1, 0.15) is 11.5 Å². The van der Waals surface area contributed by atoms with Crippen LogP contribution in [0.4, 0.5) is 5.88 Å². The molecule has 33 heavy (non-hydrogen) atoms. The van der Waals surface area contributed by atoms with Gasteiger partial charge in [-0.3, -0.25) is 0 Å². The molecule has 0 aliphatic carbocycles. The molecular formula is C25H24N2O5S. The molecule has 0 amide bonds. The lowest BCUT2D eigenvalue weighted by Gasteiger charge is -2.07. The minimum absolute atomic E-state index is 0.0820. The first-order chi connectivity index (χ1) is 16.0. The van der Waals surface area contributed by atoms with Gasteiger partial charge in [-0.05, 0) is 61.0 Å². The lowest BCUT2D eigenvalue weighted by atomic mass is 10.2. The van der Waals surface area contributed by atoms with Crippen molar-refractivity contribution in [2.75, 3.05) is 19.0 Å². The Morgan fingerprint density at radius 2 is 1.58 bits per heavy atom. The number of rotatable bonds is 9. The van der Waals surface area contributed by atoms with E-state index in [0.29, 0.717) is 30.2 Å². The van der Waals surface area contributed by atoms with E-state index in [1.807, 2.05) is 37.3 Å². The molecule has 0 spiro atoms. The van der Waals surface area contributed by atoms with Crippen molar-refractivity contribution in [1.29, 1.82) is 0 Å². The average Bonchev–Trinajstić information content (AvgIpc) is 3.29. The van der Waals surface area contributed by atoms with Crippen molar-refractivity contribution in [2.24, 2.45) is 0 Å². The highest BCUT2D eigenvalue weighted by atomic mass is 32.2. The fraction of sp³-hybridized carbons (Fsp3) is 0.160. The molecule has 0 bridgehead atoms. The smallest absolute Gasteiger partial charge is 0.234 e. The fourth-order valence-electron chi connectivity index (χ4n) is 3.23. The predicted molar refractivity (Wildman–Crippen MR) is 125 cm³/mol. The van der Waals surface area contributed by atoms with E-state index in [4.69, 9.17) is 13.9 Å². The third-order valence-corrected chi connectivity index (χ3v) is 6.61. The average molecular weight is 465 g/mol. The molecule has 0 atom stereocenters. The summed E-state index contributed by atoms with van der Waals surface area (Å²) in [5.74, 6) is 1.55. The van der Waals surface area contributed by atoms with Crippen molar-refractivity contribution in [1.82, 2.24) is 4.98 Å². The molecule has 0 radical (unpaired) electrons. The first-order valence-electron chi connectivity index (χ1n) is 10.4. The summed E-state index contributed by atoms with van der Waals surface area (Å²) in [5, 5.41) is 2.92. The number of benzene rings is 3. The molecule has 4 rings (SSSR count). The number of anilines is 1. The Morgan fingerprint density at radius 1 is 0.909 bits per heavy atom. The van der Waals surface area contributed by atoms with E-state index in [1.165, 1.54) is 12.1 Å². The van der Waals surface area contributed by atoms with Gasteiger partial charge in [-0.1, -0.05) is 30.3 Å². The zero-order chi connectivity index (χ0) is 23.3. The van der Waals surface area contributed by atoms with Crippen LogP contribution in [0.15, 0.2) is 93.2 Å². The van der Waals surface area contributed by atoms with Gasteiger partial charge in [-0.2, -0.15) is 4.98 Å². The minimum Gasteiger partial charge on any atom is -0.497 e. The summed E-state index contributed by atoms with van der Waals surface area (Å²) >= 11 is 0. The SMILES string of the molecule is CCOc1ccc(S(=O)(=O)c2nc(-c3ccc(OC)cc3)oc2NCc2ccccc2)cc1. The Morgan fingerprint density at radius 3 is 2.21 bits per heavy atom. The quantitative estimate of drug-likeness (QED) is 0.364. The van der Waals surface area contributed by atoms with Crippen LogP contribution < -0.4 is 14.8 Å². The number of methoxy groups -OCH3 is 1.